The first-order chi connectivity index (χ1) is 8.17. The van der Waals surface area contributed by atoms with E-state index in [2.05, 4.69) is 10.2 Å². The number of aromatic nitrogens is 2. The fourth-order valence-corrected chi connectivity index (χ4v) is 1.45. The molecule has 6 nitrogen and oxygen atoms in total. The van der Waals surface area contributed by atoms with Crippen LogP contribution in [0.1, 0.15) is 24.2 Å². The molecular weight excluding hydrogens is 222 g/mol. The van der Waals surface area contributed by atoms with Crippen LogP contribution in [0.5, 0.6) is 11.8 Å². The fourth-order valence-electron chi connectivity index (χ4n) is 1.45. The van der Waals surface area contributed by atoms with Gasteiger partial charge in [-0.2, -0.15) is 0 Å². The van der Waals surface area contributed by atoms with Gasteiger partial charge in [-0.25, -0.2) is 0 Å². The van der Waals surface area contributed by atoms with Gasteiger partial charge in [0.25, 0.3) is 5.91 Å². The highest BCUT2D eigenvalue weighted by Gasteiger charge is 2.20. The second-order valence-corrected chi connectivity index (χ2v) is 3.29. The van der Waals surface area contributed by atoms with E-state index in [4.69, 9.17) is 9.47 Å². The fraction of sp³-hybridized carbons (Fsp3) is 0.545. The molecule has 1 amide bonds. The Labute approximate surface area is 101 Å². The molecule has 0 aliphatic heterocycles. The number of nitrogens with zero attached hydrogens (tertiary/aromatic N) is 3. The van der Waals surface area contributed by atoms with Gasteiger partial charge in [0.2, 0.25) is 11.8 Å². The lowest BCUT2D eigenvalue weighted by Gasteiger charge is -2.19. The Kier molecular flexibility index (Phi) is 4.68. The molecule has 0 saturated carbocycles. The summed E-state index contributed by atoms with van der Waals surface area (Å²) in [4.78, 5) is 13.9. The standard InChI is InChI=1S/C11H17N3O3/c1-5-14(6-2)11(15)8-7-9(16-3)12-13-10(8)17-4/h7H,5-6H2,1-4H3. The maximum absolute atomic E-state index is 12.2. The predicted molar refractivity (Wildman–Crippen MR) is 62.4 cm³/mol. The van der Waals surface area contributed by atoms with Gasteiger partial charge in [-0.1, -0.05) is 0 Å². The molecule has 0 aliphatic rings. The Balaban J connectivity index is 3.13. The van der Waals surface area contributed by atoms with Gasteiger partial charge in [-0.3, -0.25) is 4.79 Å². The average Bonchev–Trinajstić information content (AvgIpc) is 2.39. The third-order valence-electron chi connectivity index (χ3n) is 2.42. The molecule has 0 atom stereocenters. The minimum absolute atomic E-state index is 0.139. The van der Waals surface area contributed by atoms with Crippen LogP contribution in [0, 0.1) is 0 Å². The highest BCUT2D eigenvalue weighted by molar-refractivity contribution is 5.96. The van der Waals surface area contributed by atoms with E-state index in [0.29, 0.717) is 24.5 Å². The lowest BCUT2D eigenvalue weighted by molar-refractivity contribution is 0.0767. The molecule has 1 heterocycles. The summed E-state index contributed by atoms with van der Waals surface area (Å²) in [5.41, 5.74) is 0.364. The molecule has 0 radical (unpaired) electrons. The molecule has 0 unspecified atom stereocenters. The molecule has 0 spiro atoms. The smallest absolute Gasteiger partial charge is 0.259 e. The lowest BCUT2D eigenvalue weighted by Crippen LogP contribution is -2.31. The summed E-state index contributed by atoms with van der Waals surface area (Å²) in [6, 6.07) is 1.53. The van der Waals surface area contributed by atoms with Crippen LogP contribution in [0.3, 0.4) is 0 Å². The Hall–Kier alpha value is -1.85. The van der Waals surface area contributed by atoms with Crippen LogP contribution in [0.4, 0.5) is 0 Å². The Morgan fingerprint density at radius 1 is 1.24 bits per heavy atom. The average molecular weight is 239 g/mol. The highest BCUT2D eigenvalue weighted by Crippen LogP contribution is 2.19. The molecule has 0 saturated heterocycles. The van der Waals surface area contributed by atoms with Crippen LogP contribution in [0.15, 0.2) is 6.07 Å². The summed E-state index contributed by atoms with van der Waals surface area (Å²) < 4.78 is 9.98. The van der Waals surface area contributed by atoms with Crippen molar-refractivity contribution in [3.8, 4) is 11.8 Å². The van der Waals surface area contributed by atoms with Gasteiger partial charge in [-0.05, 0) is 13.8 Å². The largest absolute Gasteiger partial charge is 0.480 e. The van der Waals surface area contributed by atoms with Crippen molar-refractivity contribution < 1.29 is 14.3 Å². The molecule has 0 fully saturated rings. The third-order valence-corrected chi connectivity index (χ3v) is 2.42. The van der Waals surface area contributed by atoms with E-state index in [0.717, 1.165) is 0 Å². The zero-order valence-corrected chi connectivity index (χ0v) is 10.6. The van der Waals surface area contributed by atoms with Crippen molar-refractivity contribution in [2.75, 3.05) is 27.3 Å². The van der Waals surface area contributed by atoms with Crippen molar-refractivity contribution >= 4 is 5.91 Å². The van der Waals surface area contributed by atoms with Crippen LogP contribution < -0.4 is 9.47 Å². The number of rotatable bonds is 5. The first kappa shape index (κ1) is 13.2. The molecule has 0 N–H and O–H groups in total. The monoisotopic (exact) mass is 239 g/mol. The van der Waals surface area contributed by atoms with Gasteiger partial charge in [0.15, 0.2) is 0 Å². The summed E-state index contributed by atoms with van der Waals surface area (Å²) in [5, 5.41) is 7.55. The summed E-state index contributed by atoms with van der Waals surface area (Å²) in [6.45, 7) is 5.09. The highest BCUT2D eigenvalue weighted by atomic mass is 16.5. The molecule has 0 aromatic carbocycles. The normalized spacial score (nSPS) is 9.88. The van der Waals surface area contributed by atoms with E-state index < -0.39 is 0 Å². The molecule has 94 valence electrons. The van der Waals surface area contributed by atoms with Gasteiger partial charge < -0.3 is 14.4 Å². The summed E-state index contributed by atoms with van der Waals surface area (Å²) in [7, 11) is 2.93. The molecule has 6 heteroatoms. The van der Waals surface area contributed by atoms with E-state index in [1.165, 1.54) is 20.3 Å². The van der Waals surface area contributed by atoms with E-state index in [1.54, 1.807) is 4.90 Å². The molecular formula is C11H17N3O3. The van der Waals surface area contributed by atoms with Crippen LogP contribution >= 0.6 is 0 Å². The molecule has 1 aromatic rings. The van der Waals surface area contributed by atoms with E-state index in [-0.39, 0.29) is 11.8 Å². The number of carbonyl (C=O) groups excluding carboxylic acids is 1. The van der Waals surface area contributed by atoms with Crippen molar-refractivity contribution in [2.45, 2.75) is 13.8 Å². The van der Waals surface area contributed by atoms with Gasteiger partial charge in [0.1, 0.15) is 5.56 Å². The van der Waals surface area contributed by atoms with Gasteiger partial charge in [0, 0.05) is 19.2 Å². The number of ether oxygens (including phenoxy) is 2. The van der Waals surface area contributed by atoms with Crippen LogP contribution in [0.2, 0.25) is 0 Å². The van der Waals surface area contributed by atoms with Crippen LogP contribution in [0.25, 0.3) is 0 Å². The van der Waals surface area contributed by atoms with Crippen molar-refractivity contribution in [1.29, 1.82) is 0 Å². The molecule has 0 aliphatic carbocycles. The van der Waals surface area contributed by atoms with Gasteiger partial charge in [-0.15, -0.1) is 10.2 Å². The maximum Gasteiger partial charge on any atom is 0.259 e. The number of hydrogen-bond donors (Lipinski definition) is 0. The van der Waals surface area contributed by atoms with Crippen molar-refractivity contribution in [3.63, 3.8) is 0 Å². The summed E-state index contributed by atoms with van der Waals surface area (Å²) in [6.07, 6.45) is 0. The van der Waals surface area contributed by atoms with E-state index in [1.807, 2.05) is 13.8 Å². The lowest BCUT2D eigenvalue weighted by atomic mass is 10.2. The first-order valence-corrected chi connectivity index (χ1v) is 5.42. The quantitative estimate of drug-likeness (QED) is 0.766. The zero-order valence-electron chi connectivity index (χ0n) is 10.6. The first-order valence-electron chi connectivity index (χ1n) is 5.42. The number of carbonyl (C=O) groups is 1. The van der Waals surface area contributed by atoms with Crippen LogP contribution in [-0.4, -0.2) is 48.3 Å². The summed E-state index contributed by atoms with van der Waals surface area (Å²) in [5.74, 6) is 0.365. The Morgan fingerprint density at radius 2 is 1.88 bits per heavy atom. The van der Waals surface area contributed by atoms with Crippen molar-refractivity contribution in [2.24, 2.45) is 0 Å². The number of hydrogen-bond acceptors (Lipinski definition) is 5. The van der Waals surface area contributed by atoms with Crippen LogP contribution in [-0.2, 0) is 0 Å². The minimum Gasteiger partial charge on any atom is -0.480 e. The summed E-state index contributed by atoms with van der Waals surface area (Å²) >= 11 is 0. The predicted octanol–water partition coefficient (Wildman–Crippen LogP) is 0.976. The van der Waals surface area contributed by atoms with Gasteiger partial charge >= 0.3 is 0 Å². The van der Waals surface area contributed by atoms with Crippen molar-refractivity contribution in [1.82, 2.24) is 15.1 Å². The maximum atomic E-state index is 12.2. The second-order valence-electron chi connectivity index (χ2n) is 3.29. The van der Waals surface area contributed by atoms with E-state index in [9.17, 15) is 4.79 Å². The third kappa shape index (κ3) is 2.83. The van der Waals surface area contributed by atoms with E-state index >= 15 is 0 Å². The SMILES string of the molecule is CCN(CC)C(=O)c1cc(OC)nnc1OC. The van der Waals surface area contributed by atoms with Gasteiger partial charge in [0.05, 0.1) is 14.2 Å². The Bertz CT molecular complexity index is 392. The topological polar surface area (TPSA) is 64.6 Å². The number of amides is 1. The Morgan fingerprint density at radius 3 is 2.35 bits per heavy atom. The molecule has 1 aromatic heterocycles. The minimum atomic E-state index is -0.139. The zero-order chi connectivity index (χ0) is 12.8. The molecule has 1 rings (SSSR count). The molecule has 0 bridgehead atoms. The van der Waals surface area contributed by atoms with Crippen molar-refractivity contribution in [3.05, 3.63) is 11.6 Å². The second kappa shape index (κ2) is 6.03. The number of methoxy groups -OCH3 is 2. The molecule has 17 heavy (non-hydrogen) atoms.